The van der Waals surface area contributed by atoms with Crippen LogP contribution in [0.25, 0.3) is 78.7 Å². The molecule has 0 saturated carbocycles. The Morgan fingerprint density at radius 1 is 0.364 bits per heavy atom. The Bertz CT molecular complexity index is 2560. The topological polar surface area (TPSA) is 70.2 Å². The van der Waals surface area contributed by atoms with E-state index in [9.17, 15) is 0 Å². The van der Waals surface area contributed by atoms with E-state index in [1.165, 1.54) is 0 Å². The van der Waals surface area contributed by atoms with E-state index in [0.29, 0.717) is 5.82 Å². The lowest BCUT2D eigenvalue weighted by Crippen LogP contribution is -2.07. The van der Waals surface area contributed by atoms with Gasteiger partial charge >= 0.3 is 0 Å². The second kappa shape index (κ2) is 8.62. The Morgan fingerprint density at radius 3 is 1.27 bits per heavy atom. The number of hydrogen-bond donors (Lipinski definition) is 0. The summed E-state index contributed by atoms with van der Waals surface area (Å²) in [7, 11) is 0. The molecular weight excluding hydrogens is 544 g/mol. The number of fused-ring (bicyclic) bond motifs is 10. The summed E-state index contributed by atoms with van der Waals surface area (Å²) < 4.78 is 8.69. The summed E-state index contributed by atoms with van der Waals surface area (Å²) in [5.41, 5.74) is 9.05. The Hall–Kier alpha value is -6.28. The minimum atomic E-state index is 0.622. The zero-order chi connectivity index (χ0) is 28.8. The van der Waals surface area contributed by atoms with Crippen LogP contribution in [0.1, 0.15) is 0 Å². The quantitative estimate of drug-likeness (QED) is 0.220. The van der Waals surface area contributed by atoms with Gasteiger partial charge in [-0.15, -0.1) is 0 Å². The smallest absolute Gasteiger partial charge is 0.221 e. The minimum absolute atomic E-state index is 0.622. The molecule has 10 rings (SSSR count). The molecule has 10 aromatic rings. The van der Waals surface area contributed by atoms with Gasteiger partial charge in [0.2, 0.25) is 11.6 Å². The Labute approximate surface area is 249 Å². The lowest BCUT2D eigenvalue weighted by atomic mass is 10.2. The molecule has 0 spiro atoms. The molecule has 0 atom stereocenters. The fourth-order valence-electron chi connectivity index (χ4n) is 6.52. The first-order chi connectivity index (χ1) is 21.8. The number of benzene rings is 5. The van der Waals surface area contributed by atoms with E-state index in [1.807, 2.05) is 60.7 Å². The standard InChI is InChI=1S/C36H22N8/c1-2-12-23(13-3-1)34-39-32(43-30-20-10-8-18-28(30)41-26-16-6-4-14-24(26)37-35(41)43)22-33(40-34)44-31-21-11-9-19-29(31)42-27-17-7-5-15-25(27)38-36(42)44/h1-22H. The summed E-state index contributed by atoms with van der Waals surface area (Å²) in [5.74, 6) is 3.66. The summed E-state index contributed by atoms with van der Waals surface area (Å²) in [6, 6.07) is 45.4. The van der Waals surface area contributed by atoms with Crippen LogP contribution in [0.3, 0.4) is 0 Å². The molecule has 44 heavy (non-hydrogen) atoms. The van der Waals surface area contributed by atoms with Crippen molar-refractivity contribution in [2.75, 3.05) is 0 Å². The lowest BCUT2D eigenvalue weighted by molar-refractivity contribution is 0.970. The summed E-state index contributed by atoms with van der Waals surface area (Å²) in [6.07, 6.45) is 0. The SMILES string of the molecule is c1ccc(-c2nc(-n3c4ccccc4n4c5ccccc5nc34)cc(-n3c4ccccc4n4c5ccccc5nc34)n2)cc1. The van der Waals surface area contributed by atoms with Crippen molar-refractivity contribution in [1.82, 2.24) is 37.9 Å². The molecule has 5 aromatic carbocycles. The van der Waals surface area contributed by atoms with Crippen molar-refractivity contribution in [3.8, 4) is 23.0 Å². The summed E-state index contributed by atoms with van der Waals surface area (Å²) in [6.45, 7) is 0. The maximum absolute atomic E-state index is 5.19. The molecule has 8 heteroatoms. The molecule has 0 bridgehead atoms. The molecule has 0 aliphatic heterocycles. The van der Waals surface area contributed by atoms with E-state index in [4.69, 9.17) is 19.9 Å². The van der Waals surface area contributed by atoms with E-state index >= 15 is 0 Å². The normalized spacial score (nSPS) is 12.1. The number of hydrogen-bond acceptors (Lipinski definition) is 4. The second-order valence-corrected chi connectivity index (χ2v) is 10.9. The van der Waals surface area contributed by atoms with Crippen LogP contribution in [0.4, 0.5) is 0 Å². The van der Waals surface area contributed by atoms with Crippen LogP contribution in [0, 0.1) is 0 Å². The largest absolute Gasteiger partial charge is 0.276 e. The van der Waals surface area contributed by atoms with E-state index in [2.05, 4.69) is 90.7 Å². The van der Waals surface area contributed by atoms with Crippen LogP contribution >= 0.6 is 0 Å². The Kier molecular flexibility index (Phi) is 4.57. The van der Waals surface area contributed by atoms with E-state index in [0.717, 1.165) is 72.9 Å². The van der Waals surface area contributed by atoms with Crippen molar-refractivity contribution < 1.29 is 0 Å². The van der Waals surface area contributed by atoms with Crippen molar-refractivity contribution in [1.29, 1.82) is 0 Å². The highest BCUT2D eigenvalue weighted by atomic mass is 15.3. The highest BCUT2D eigenvalue weighted by molar-refractivity contribution is 5.93. The van der Waals surface area contributed by atoms with Crippen LogP contribution in [0.15, 0.2) is 133 Å². The van der Waals surface area contributed by atoms with Crippen LogP contribution < -0.4 is 0 Å². The molecule has 0 N–H and O–H groups in total. The lowest BCUT2D eigenvalue weighted by Gasteiger charge is -2.12. The molecule has 0 amide bonds. The second-order valence-electron chi connectivity index (χ2n) is 10.9. The van der Waals surface area contributed by atoms with E-state index < -0.39 is 0 Å². The van der Waals surface area contributed by atoms with E-state index in [-0.39, 0.29) is 0 Å². The molecule has 8 nitrogen and oxygen atoms in total. The summed E-state index contributed by atoms with van der Waals surface area (Å²) in [4.78, 5) is 20.6. The number of aromatic nitrogens is 8. The predicted molar refractivity (Wildman–Crippen MR) is 174 cm³/mol. The van der Waals surface area contributed by atoms with Gasteiger partial charge in [-0.25, -0.2) is 19.9 Å². The number of nitrogens with zero attached hydrogens (tertiary/aromatic N) is 8. The monoisotopic (exact) mass is 566 g/mol. The molecule has 5 aromatic heterocycles. The fourth-order valence-corrected chi connectivity index (χ4v) is 6.52. The molecule has 206 valence electrons. The number of rotatable bonds is 3. The van der Waals surface area contributed by atoms with Crippen molar-refractivity contribution in [3.05, 3.63) is 133 Å². The fraction of sp³-hybridized carbons (Fsp3) is 0. The van der Waals surface area contributed by atoms with Gasteiger partial charge in [0.05, 0.1) is 44.1 Å². The molecule has 0 aliphatic carbocycles. The van der Waals surface area contributed by atoms with Gasteiger partial charge < -0.3 is 0 Å². The van der Waals surface area contributed by atoms with Gasteiger partial charge in [-0.2, -0.15) is 0 Å². The number of para-hydroxylation sites is 8. The van der Waals surface area contributed by atoms with Gasteiger partial charge in [0.1, 0.15) is 11.6 Å². The third-order valence-electron chi connectivity index (χ3n) is 8.40. The maximum Gasteiger partial charge on any atom is 0.221 e. The average molecular weight is 567 g/mol. The van der Waals surface area contributed by atoms with Gasteiger partial charge in [-0.1, -0.05) is 78.9 Å². The van der Waals surface area contributed by atoms with Gasteiger partial charge in [-0.05, 0) is 48.5 Å². The van der Waals surface area contributed by atoms with Crippen LogP contribution in [-0.2, 0) is 0 Å². The van der Waals surface area contributed by atoms with Crippen LogP contribution in [0.5, 0.6) is 0 Å². The number of imidazole rings is 4. The minimum Gasteiger partial charge on any atom is -0.276 e. The third kappa shape index (κ3) is 3.11. The molecule has 0 fully saturated rings. The molecular formula is C36H22N8. The zero-order valence-corrected chi connectivity index (χ0v) is 23.3. The summed E-state index contributed by atoms with van der Waals surface area (Å²) in [5, 5.41) is 0. The van der Waals surface area contributed by atoms with Crippen molar-refractivity contribution in [2.45, 2.75) is 0 Å². The maximum atomic E-state index is 5.19. The average Bonchev–Trinajstić information content (AvgIpc) is 3.81. The Balaban J connectivity index is 1.35. The molecule has 0 radical (unpaired) electrons. The highest BCUT2D eigenvalue weighted by Gasteiger charge is 2.22. The first-order valence-corrected chi connectivity index (χ1v) is 14.5. The van der Waals surface area contributed by atoms with Gasteiger partial charge in [0, 0.05) is 11.6 Å². The van der Waals surface area contributed by atoms with Crippen molar-refractivity contribution in [2.24, 2.45) is 0 Å². The first kappa shape index (κ1) is 23.3. The first-order valence-electron chi connectivity index (χ1n) is 14.5. The van der Waals surface area contributed by atoms with Gasteiger partial charge in [-0.3, -0.25) is 17.9 Å². The highest BCUT2D eigenvalue weighted by Crippen LogP contribution is 2.33. The van der Waals surface area contributed by atoms with Crippen LogP contribution in [0.2, 0.25) is 0 Å². The molecule has 0 unspecified atom stereocenters. The molecule has 0 aliphatic rings. The van der Waals surface area contributed by atoms with Gasteiger partial charge in [0.25, 0.3) is 0 Å². The Morgan fingerprint density at radius 2 is 0.773 bits per heavy atom. The summed E-state index contributed by atoms with van der Waals surface area (Å²) >= 11 is 0. The van der Waals surface area contributed by atoms with E-state index in [1.54, 1.807) is 0 Å². The molecule has 0 saturated heterocycles. The third-order valence-corrected chi connectivity index (χ3v) is 8.40. The predicted octanol–water partition coefficient (Wildman–Crippen LogP) is 7.63. The van der Waals surface area contributed by atoms with Crippen LogP contribution in [-0.4, -0.2) is 37.9 Å². The van der Waals surface area contributed by atoms with Crippen molar-refractivity contribution in [3.63, 3.8) is 0 Å². The van der Waals surface area contributed by atoms with Crippen molar-refractivity contribution >= 4 is 55.7 Å². The molecule has 5 heterocycles. The van der Waals surface area contributed by atoms with Gasteiger partial charge in [0.15, 0.2) is 5.82 Å². The zero-order valence-electron chi connectivity index (χ0n) is 23.3.